The van der Waals surface area contributed by atoms with Crippen LogP contribution >= 0.6 is 12.4 Å². The second-order valence-corrected chi connectivity index (χ2v) is 6.32. The van der Waals surface area contributed by atoms with E-state index in [2.05, 4.69) is 5.32 Å². The lowest BCUT2D eigenvalue weighted by Gasteiger charge is -2.23. The first kappa shape index (κ1) is 20.1. The Morgan fingerprint density at radius 3 is 2.85 bits per heavy atom. The van der Waals surface area contributed by atoms with E-state index in [1.807, 2.05) is 37.3 Å². The molecular formula is C20H25ClN2O3. The van der Waals surface area contributed by atoms with Gasteiger partial charge in [-0.15, -0.1) is 12.4 Å². The molecule has 0 spiro atoms. The van der Waals surface area contributed by atoms with Gasteiger partial charge in [0.25, 0.3) is 5.91 Å². The number of amides is 1. The summed E-state index contributed by atoms with van der Waals surface area (Å²) in [6.45, 7) is 3.17. The number of nitrogen functional groups attached to an aromatic ring is 1. The van der Waals surface area contributed by atoms with Gasteiger partial charge in [-0.25, -0.2) is 0 Å². The van der Waals surface area contributed by atoms with Crippen LogP contribution < -0.4 is 15.8 Å². The Balaban J connectivity index is 0.00000243. The third-order valence-corrected chi connectivity index (χ3v) is 4.34. The average molecular weight is 377 g/mol. The number of rotatable bonds is 5. The van der Waals surface area contributed by atoms with Crippen molar-refractivity contribution >= 4 is 29.7 Å². The highest BCUT2D eigenvalue weighted by Crippen LogP contribution is 2.26. The summed E-state index contributed by atoms with van der Waals surface area (Å²) >= 11 is 0. The van der Waals surface area contributed by atoms with E-state index in [4.69, 9.17) is 15.2 Å². The van der Waals surface area contributed by atoms with E-state index in [1.54, 1.807) is 12.1 Å². The zero-order chi connectivity index (χ0) is 17.6. The van der Waals surface area contributed by atoms with Crippen LogP contribution in [0.4, 0.5) is 11.4 Å². The fourth-order valence-corrected chi connectivity index (χ4v) is 2.89. The van der Waals surface area contributed by atoms with E-state index in [1.165, 1.54) is 6.42 Å². The van der Waals surface area contributed by atoms with Gasteiger partial charge >= 0.3 is 0 Å². The van der Waals surface area contributed by atoms with Crippen LogP contribution in [0, 0.1) is 6.92 Å². The topological polar surface area (TPSA) is 73.6 Å². The van der Waals surface area contributed by atoms with E-state index in [0.717, 1.165) is 25.0 Å². The smallest absolute Gasteiger partial charge is 0.256 e. The van der Waals surface area contributed by atoms with Crippen molar-refractivity contribution in [2.75, 3.05) is 24.3 Å². The van der Waals surface area contributed by atoms with Crippen LogP contribution in [0.25, 0.3) is 0 Å². The van der Waals surface area contributed by atoms with Crippen molar-refractivity contribution in [3.8, 4) is 5.75 Å². The molecule has 1 aliphatic heterocycles. The van der Waals surface area contributed by atoms with Gasteiger partial charge in [0, 0.05) is 17.9 Å². The van der Waals surface area contributed by atoms with Crippen molar-refractivity contribution < 1.29 is 14.3 Å². The minimum Gasteiger partial charge on any atom is -0.489 e. The molecule has 1 heterocycles. The van der Waals surface area contributed by atoms with Crippen molar-refractivity contribution in [2.24, 2.45) is 0 Å². The number of nitrogens with two attached hydrogens (primary N) is 1. The number of ether oxygens (including phenoxy) is 2. The molecule has 3 rings (SSSR count). The SMILES string of the molecule is Cc1ccc(N)cc1C(=O)Nc1ccccc1OCC1CCCCO1.Cl. The monoisotopic (exact) mass is 376 g/mol. The maximum Gasteiger partial charge on any atom is 0.256 e. The van der Waals surface area contributed by atoms with E-state index in [9.17, 15) is 4.79 Å². The summed E-state index contributed by atoms with van der Waals surface area (Å²) in [5.74, 6) is 0.446. The van der Waals surface area contributed by atoms with Crippen LogP contribution in [0.2, 0.25) is 0 Å². The van der Waals surface area contributed by atoms with Gasteiger partial charge < -0.3 is 20.5 Å². The lowest BCUT2D eigenvalue weighted by Crippen LogP contribution is -2.26. The Morgan fingerprint density at radius 1 is 1.27 bits per heavy atom. The fraction of sp³-hybridized carbons (Fsp3) is 0.350. The van der Waals surface area contributed by atoms with Crippen LogP contribution in [0.15, 0.2) is 42.5 Å². The highest BCUT2D eigenvalue weighted by atomic mass is 35.5. The molecule has 3 N–H and O–H groups in total. The zero-order valence-corrected chi connectivity index (χ0v) is 15.7. The fourth-order valence-electron chi connectivity index (χ4n) is 2.89. The van der Waals surface area contributed by atoms with E-state index in [-0.39, 0.29) is 24.4 Å². The molecule has 140 valence electrons. The number of carbonyl (C=O) groups excluding carboxylic acids is 1. The zero-order valence-electron chi connectivity index (χ0n) is 14.9. The van der Waals surface area contributed by atoms with Crippen molar-refractivity contribution in [1.82, 2.24) is 0 Å². The standard InChI is InChI=1S/C20H24N2O3.ClH/c1-14-9-10-15(21)12-17(14)20(23)22-18-7-2-3-8-19(18)25-13-16-6-4-5-11-24-16;/h2-3,7-10,12,16H,4-6,11,13,21H2,1H3,(H,22,23);1H. The second-order valence-electron chi connectivity index (χ2n) is 6.32. The summed E-state index contributed by atoms with van der Waals surface area (Å²) in [6, 6.07) is 12.7. The molecule has 2 aromatic carbocycles. The Kier molecular flexibility index (Phi) is 7.30. The number of anilines is 2. The van der Waals surface area contributed by atoms with Gasteiger partial charge in [0.2, 0.25) is 0 Å². The molecular weight excluding hydrogens is 352 g/mol. The van der Waals surface area contributed by atoms with Gasteiger partial charge in [-0.3, -0.25) is 4.79 Å². The minimum atomic E-state index is -0.199. The highest BCUT2D eigenvalue weighted by Gasteiger charge is 2.16. The number of hydrogen-bond donors (Lipinski definition) is 2. The maximum absolute atomic E-state index is 12.6. The van der Waals surface area contributed by atoms with Crippen LogP contribution in [0.1, 0.15) is 35.2 Å². The number of hydrogen-bond acceptors (Lipinski definition) is 4. The molecule has 6 heteroatoms. The molecule has 0 radical (unpaired) electrons. The molecule has 1 fully saturated rings. The number of halogens is 1. The summed E-state index contributed by atoms with van der Waals surface area (Å²) in [5, 5.41) is 2.92. The molecule has 0 bridgehead atoms. The summed E-state index contributed by atoms with van der Waals surface area (Å²) in [5.41, 5.74) is 8.44. The molecule has 0 aromatic heterocycles. The number of nitrogens with one attached hydrogen (secondary N) is 1. The first-order chi connectivity index (χ1) is 12.1. The number of para-hydroxylation sites is 2. The normalized spacial score (nSPS) is 16.4. The second kappa shape index (κ2) is 9.46. The lowest BCUT2D eigenvalue weighted by molar-refractivity contribution is -0.0109. The predicted molar refractivity (Wildman–Crippen MR) is 106 cm³/mol. The van der Waals surface area contributed by atoms with Gasteiger partial charge in [0.1, 0.15) is 12.4 Å². The molecule has 2 aromatic rings. The molecule has 0 aliphatic carbocycles. The largest absolute Gasteiger partial charge is 0.489 e. The first-order valence-corrected chi connectivity index (χ1v) is 8.64. The van der Waals surface area contributed by atoms with E-state index >= 15 is 0 Å². The van der Waals surface area contributed by atoms with E-state index in [0.29, 0.717) is 29.3 Å². The Labute approximate surface area is 160 Å². The molecule has 0 saturated carbocycles. The first-order valence-electron chi connectivity index (χ1n) is 8.64. The number of aryl methyl sites for hydroxylation is 1. The number of carbonyl (C=O) groups is 1. The lowest BCUT2D eigenvalue weighted by atomic mass is 10.1. The van der Waals surface area contributed by atoms with Crippen LogP contribution in [0.5, 0.6) is 5.75 Å². The molecule has 1 amide bonds. The average Bonchev–Trinajstić information content (AvgIpc) is 2.64. The summed E-state index contributed by atoms with van der Waals surface area (Å²) < 4.78 is 11.6. The van der Waals surface area contributed by atoms with Gasteiger partial charge in [-0.1, -0.05) is 18.2 Å². The van der Waals surface area contributed by atoms with Gasteiger partial charge in [0.15, 0.2) is 0 Å². The molecule has 26 heavy (non-hydrogen) atoms. The van der Waals surface area contributed by atoms with Gasteiger partial charge in [-0.2, -0.15) is 0 Å². The van der Waals surface area contributed by atoms with Gasteiger partial charge in [0.05, 0.1) is 11.8 Å². The molecule has 1 saturated heterocycles. The van der Waals surface area contributed by atoms with Crippen molar-refractivity contribution in [3.63, 3.8) is 0 Å². The van der Waals surface area contributed by atoms with Gasteiger partial charge in [-0.05, 0) is 56.0 Å². The van der Waals surface area contributed by atoms with Crippen molar-refractivity contribution in [2.45, 2.75) is 32.3 Å². The molecule has 1 atom stereocenters. The molecule has 1 unspecified atom stereocenters. The summed E-state index contributed by atoms with van der Waals surface area (Å²) in [6.07, 6.45) is 3.41. The number of benzene rings is 2. The predicted octanol–water partition coefficient (Wildman–Crippen LogP) is 4.20. The Bertz CT molecular complexity index is 746. The van der Waals surface area contributed by atoms with Crippen LogP contribution in [0.3, 0.4) is 0 Å². The molecule has 5 nitrogen and oxygen atoms in total. The van der Waals surface area contributed by atoms with Crippen LogP contribution in [-0.2, 0) is 4.74 Å². The minimum absolute atomic E-state index is 0. The van der Waals surface area contributed by atoms with E-state index < -0.39 is 0 Å². The highest BCUT2D eigenvalue weighted by molar-refractivity contribution is 6.06. The van der Waals surface area contributed by atoms with Crippen molar-refractivity contribution in [1.29, 1.82) is 0 Å². The van der Waals surface area contributed by atoms with Crippen LogP contribution in [-0.4, -0.2) is 25.2 Å². The summed E-state index contributed by atoms with van der Waals surface area (Å²) in [7, 11) is 0. The summed E-state index contributed by atoms with van der Waals surface area (Å²) in [4.78, 5) is 12.6. The quantitative estimate of drug-likeness (QED) is 0.767. The third-order valence-electron chi connectivity index (χ3n) is 4.34. The Morgan fingerprint density at radius 2 is 2.08 bits per heavy atom. The molecule has 1 aliphatic rings. The van der Waals surface area contributed by atoms with Crippen molar-refractivity contribution in [3.05, 3.63) is 53.6 Å². The third kappa shape index (κ3) is 5.13. The Hall–Kier alpha value is -2.24. The maximum atomic E-state index is 12.6.